The van der Waals surface area contributed by atoms with Crippen LogP contribution < -0.4 is 0 Å². The van der Waals surface area contributed by atoms with Gasteiger partial charge in [-0.15, -0.1) is 11.8 Å². The molecule has 1 unspecified atom stereocenters. The zero-order chi connectivity index (χ0) is 19.8. The summed E-state index contributed by atoms with van der Waals surface area (Å²) in [6, 6.07) is 0. The number of unbranched alkanes of at least 4 members (excludes halogenated alkanes) is 1. The molecule has 0 amide bonds. The minimum atomic E-state index is -0.521. The van der Waals surface area contributed by atoms with E-state index in [-0.39, 0.29) is 23.9 Å². The van der Waals surface area contributed by atoms with Crippen LogP contribution in [0.2, 0.25) is 0 Å². The molecule has 0 heterocycles. The maximum atomic E-state index is 11.2. The third-order valence-electron chi connectivity index (χ3n) is 6.07. The number of allylic oxidation sites excluding steroid dienone is 2. The fraction of sp³-hybridized carbons (Fsp3) is 0.696. The number of carbonyl (C=O) groups is 1. The lowest BCUT2D eigenvalue weighted by Gasteiger charge is -2.19. The summed E-state index contributed by atoms with van der Waals surface area (Å²) in [6.07, 6.45) is 11.1. The third-order valence-corrected chi connectivity index (χ3v) is 6.07. The highest BCUT2D eigenvalue weighted by atomic mass is 16.5. The molecular formula is C23H34O4. The van der Waals surface area contributed by atoms with Gasteiger partial charge in [-0.05, 0) is 56.8 Å². The van der Waals surface area contributed by atoms with Crippen LogP contribution in [0.4, 0.5) is 0 Å². The average molecular weight is 375 g/mol. The van der Waals surface area contributed by atoms with Gasteiger partial charge in [0.25, 0.3) is 0 Å². The Bertz CT molecular complexity index is 610. The Morgan fingerprint density at radius 1 is 1.41 bits per heavy atom. The number of rotatable bonds is 8. The first-order valence-electron chi connectivity index (χ1n) is 10.1. The summed E-state index contributed by atoms with van der Waals surface area (Å²) in [5.74, 6) is 6.93. The Labute approximate surface area is 163 Å². The van der Waals surface area contributed by atoms with E-state index in [1.165, 1.54) is 12.7 Å². The van der Waals surface area contributed by atoms with E-state index in [1.54, 1.807) is 0 Å². The predicted molar refractivity (Wildman–Crippen MR) is 107 cm³/mol. The molecule has 2 N–H and O–H groups in total. The number of carbonyl (C=O) groups excluding carboxylic acids is 1. The minimum absolute atomic E-state index is 0.0943. The molecule has 2 aliphatic rings. The van der Waals surface area contributed by atoms with Crippen LogP contribution in [0, 0.1) is 35.5 Å². The van der Waals surface area contributed by atoms with Crippen molar-refractivity contribution in [1.82, 2.24) is 0 Å². The van der Waals surface area contributed by atoms with Gasteiger partial charge in [-0.1, -0.05) is 30.7 Å². The molecule has 0 aromatic rings. The van der Waals surface area contributed by atoms with Crippen molar-refractivity contribution in [3.05, 3.63) is 23.8 Å². The molecule has 2 fully saturated rings. The van der Waals surface area contributed by atoms with Crippen LogP contribution in [0.25, 0.3) is 0 Å². The summed E-state index contributed by atoms with van der Waals surface area (Å²) >= 11 is 0. The quantitative estimate of drug-likeness (QED) is 0.295. The normalized spacial score (nSPS) is 30.8. The lowest BCUT2D eigenvalue weighted by Crippen LogP contribution is -2.19. The summed E-state index contributed by atoms with van der Waals surface area (Å²) < 4.78 is 4.67. The molecule has 0 bridgehead atoms. The van der Waals surface area contributed by atoms with Gasteiger partial charge in [-0.25, -0.2) is 0 Å². The smallest absolute Gasteiger partial charge is 0.305 e. The van der Waals surface area contributed by atoms with Crippen molar-refractivity contribution in [3.63, 3.8) is 0 Å². The van der Waals surface area contributed by atoms with Crippen molar-refractivity contribution >= 4 is 5.97 Å². The van der Waals surface area contributed by atoms with Crippen molar-refractivity contribution in [1.29, 1.82) is 0 Å². The van der Waals surface area contributed by atoms with Crippen molar-refractivity contribution in [2.24, 2.45) is 23.7 Å². The van der Waals surface area contributed by atoms with Gasteiger partial charge in [-0.3, -0.25) is 4.79 Å². The highest BCUT2D eigenvalue weighted by molar-refractivity contribution is 5.69. The van der Waals surface area contributed by atoms with Crippen molar-refractivity contribution in [2.45, 2.75) is 71.0 Å². The number of methoxy groups -OCH3 is 1. The molecule has 4 heteroatoms. The molecule has 27 heavy (non-hydrogen) atoms. The largest absolute Gasteiger partial charge is 0.469 e. The Kier molecular flexibility index (Phi) is 8.60. The van der Waals surface area contributed by atoms with Crippen LogP contribution in [0.1, 0.15) is 58.8 Å². The highest BCUT2D eigenvalue weighted by Crippen LogP contribution is 2.50. The number of hydrogen-bond donors (Lipinski definition) is 2. The molecule has 2 saturated carbocycles. The number of ether oxygens (including phenoxy) is 1. The number of aliphatic hydroxyl groups excluding tert-OH is 2. The molecule has 0 spiro atoms. The van der Waals surface area contributed by atoms with Crippen LogP contribution in [-0.2, 0) is 9.53 Å². The van der Waals surface area contributed by atoms with E-state index in [1.807, 2.05) is 26.0 Å². The number of hydrogen-bond acceptors (Lipinski definition) is 4. The van der Waals surface area contributed by atoms with Gasteiger partial charge in [-0.2, -0.15) is 0 Å². The van der Waals surface area contributed by atoms with E-state index in [2.05, 4.69) is 22.7 Å². The minimum Gasteiger partial charge on any atom is -0.469 e. The number of fused-ring (bicyclic) bond motifs is 1. The van der Waals surface area contributed by atoms with Gasteiger partial charge in [0.1, 0.15) is 0 Å². The van der Waals surface area contributed by atoms with Crippen LogP contribution in [-0.4, -0.2) is 35.5 Å². The van der Waals surface area contributed by atoms with E-state index in [0.717, 1.165) is 32.1 Å². The molecular weight excluding hydrogens is 340 g/mol. The summed E-state index contributed by atoms with van der Waals surface area (Å²) in [5.41, 5.74) is 1.45. The monoisotopic (exact) mass is 374 g/mol. The highest BCUT2D eigenvalue weighted by Gasteiger charge is 2.44. The van der Waals surface area contributed by atoms with Crippen LogP contribution >= 0.6 is 0 Å². The van der Waals surface area contributed by atoms with E-state index < -0.39 is 6.10 Å². The molecule has 2 aliphatic carbocycles. The molecule has 0 aliphatic heterocycles. The maximum Gasteiger partial charge on any atom is 0.305 e. The van der Waals surface area contributed by atoms with Crippen molar-refractivity contribution in [2.75, 3.05) is 7.11 Å². The molecule has 150 valence electrons. The Hall–Kier alpha value is -1.57. The summed E-state index contributed by atoms with van der Waals surface area (Å²) in [6.45, 7) is 3.81. The topological polar surface area (TPSA) is 66.8 Å². The maximum absolute atomic E-state index is 11.2. The van der Waals surface area contributed by atoms with Gasteiger partial charge in [0.15, 0.2) is 0 Å². The first-order valence-corrected chi connectivity index (χ1v) is 10.1. The standard InChI is InChI=1S/C23H34O4/c1-4-5-8-16(2)21(24)12-11-19-20-14-17(13-18(20)15-22(19)25)9-6-7-10-23(26)27-3/h9,11-12,16,18-22,24-25H,6-8,10,13-15H2,1-3H3/b12-11+,17-9?/t16-,18?,19-,20+,21-,22-/m1/s1. The van der Waals surface area contributed by atoms with E-state index >= 15 is 0 Å². The summed E-state index contributed by atoms with van der Waals surface area (Å²) in [5, 5.41) is 20.8. The second-order valence-corrected chi connectivity index (χ2v) is 8.03. The van der Waals surface area contributed by atoms with E-state index in [4.69, 9.17) is 0 Å². The number of esters is 1. The zero-order valence-electron chi connectivity index (χ0n) is 16.9. The summed E-state index contributed by atoms with van der Waals surface area (Å²) in [4.78, 5) is 11.2. The molecule has 6 atom stereocenters. The lowest BCUT2D eigenvalue weighted by atomic mass is 9.89. The van der Waals surface area contributed by atoms with Crippen molar-refractivity contribution < 1.29 is 19.7 Å². The van der Waals surface area contributed by atoms with Gasteiger partial charge in [0, 0.05) is 18.8 Å². The molecule has 0 radical (unpaired) electrons. The molecule has 0 aromatic heterocycles. The van der Waals surface area contributed by atoms with Gasteiger partial charge in [0.2, 0.25) is 0 Å². The van der Waals surface area contributed by atoms with Gasteiger partial charge < -0.3 is 14.9 Å². The third kappa shape index (κ3) is 6.23. The summed E-state index contributed by atoms with van der Waals surface area (Å²) in [7, 11) is 1.42. The second-order valence-electron chi connectivity index (χ2n) is 8.03. The molecule has 0 aromatic carbocycles. The van der Waals surface area contributed by atoms with Gasteiger partial charge >= 0.3 is 5.97 Å². The first kappa shape index (κ1) is 21.7. The van der Waals surface area contributed by atoms with E-state index in [9.17, 15) is 15.0 Å². The molecule has 0 saturated heterocycles. The first-order chi connectivity index (χ1) is 13.0. The van der Waals surface area contributed by atoms with Gasteiger partial charge in [0.05, 0.1) is 19.3 Å². The Balaban J connectivity index is 1.87. The van der Waals surface area contributed by atoms with Crippen LogP contribution in [0.5, 0.6) is 0 Å². The Morgan fingerprint density at radius 2 is 2.19 bits per heavy atom. The second kappa shape index (κ2) is 10.7. The Morgan fingerprint density at radius 3 is 2.89 bits per heavy atom. The van der Waals surface area contributed by atoms with Crippen LogP contribution in [0.3, 0.4) is 0 Å². The number of aliphatic hydroxyl groups is 2. The van der Waals surface area contributed by atoms with Crippen molar-refractivity contribution in [3.8, 4) is 11.8 Å². The van der Waals surface area contributed by atoms with E-state index in [0.29, 0.717) is 24.7 Å². The SMILES string of the molecule is CC#CC[C@@H](C)[C@H](O)/C=C/[C@H]1[C@H](O)CC2CC(=CCCCC(=O)OC)C[C@@H]21. The predicted octanol–water partition coefficient (Wildman–Crippen LogP) is 3.63. The average Bonchev–Trinajstić information content (AvgIpc) is 3.17. The van der Waals surface area contributed by atoms with Crippen LogP contribution in [0.15, 0.2) is 23.8 Å². The fourth-order valence-corrected chi connectivity index (χ4v) is 4.41. The zero-order valence-corrected chi connectivity index (χ0v) is 16.9. The molecule has 4 nitrogen and oxygen atoms in total. The fourth-order valence-electron chi connectivity index (χ4n) is 4.41. The lowest BCUT2D eigenvalue weighted by molar-refractivity contribution is -0.140. The molecule has 2 rings (SSSR count).